The lowest BCUT2D eigenvalue weighted by molar-refractivity contribution is -0.137. The minimum absolute atomic E-state index is 0.115. The molecule has 8 heteroatoms. The van der Waals surface area contributed by atoms with Gasteiger partial charge in [0.05, 0.1) is 12.2 Å². The third-order valence-corrected chi connectivity index (χ3v) is 1.96. The van der Waals surface area contributed by atoms with Gasteiger partial charge in [-0.1, -0.05) is 0 Å². The Morgan fingerprint density at radius 1 is 1.33 bits per heavy atom. The van der Waals surface area contributed by atoms with E-state index < -0.39 is 11.7 Å². The molecule has 0 amide bonds. The van der Waals surface area contributed by atoms with Crippen LogP contribution in [0.4, 0.5) is 19.0 Å². The Morgan fingerprint density at radius 2 is 2.06 bits per heavy atom. The number of hydrazine groups is 1. The van der Waals surface area contributed by atoms with Crippen LogP contribution in [0.25, 0.3) is 0 Å². The summed E-state index contributed by atoms with van der Waals surface area (Å²) in [7, 11) is 0. The normalized spacial score (nSPS) is 11.4. The maximum absolute atomic E-state index is 12.6. The number of rotatable bonds is 6. The molecule has 102 valence electrons. The van der Waals surface area contributed by atoms with Gasteiger partial charge in [-0.2, -0.15) is 18.2 Å². The van der Waals surface area contributed by atoms with Gasteiger partial charge in [-0.05, 0) is 13.0 Å². The molecule has 0 unspecified atom stereocenters. The van der Waals surface area contributed by atoms with Gasteiger partial charge in [0, 0.05) is 12.7 Å². The van der Waals surface area contributed by atoms with Crippen LogP contribution >= 0.6 is 0 Å². The molecule has 0 saturated heterocycles. The molecule has 18 heavy (non-hydrogen) atoms. The van der Waals surface area contributed by atoms with Gasteiger partial charge < -0.3 is 14.9 Å². The second-order valence-corrected chi connectivity index (χ2v) is 3.27. The average Bonchev–Trinajstić information content (AvgIpc) is 2.33. The molecule has 1 rings (SSSR count). The van der Waals surface area contributed by atoms with Crippen molar-refractivity contribution in [2.24, 2.45) is 5.84 Å². The molecule has 0 saturated carbocycles. The van der Waals surface area contributed by atoms with Crippen molar-refractivity contribution in [2.75, 3.05) is 25.2 Å². The summed E-state index contributed by atoms with van der Waals surface area (Å²) in [5.74, 6) is 4.78. The van der Waals surface area contributed by atoms with Gasteiger partial charge in [-0.3, -0.25) is 0 Å². The Hall–Kier alpha value is -1.54. The van der Waals surface area contributed by atoms with Crippen molar-refractivity contribution in [3.63, 3.8) is 0 Å². The number of alkyl halides is 3. The number of nitrogens with zero attached hydrogens (tertiary/aromatic N) is 1. The van der Waals surface area contributed by atoms with Crippen molar-refractivity contribution in [1.29, 1.82) is 0 Å². The minimum atomic E-state index is -4.48. The van der Waals surface area contributed by atoms with Crippen LogP contribution < -0.4 is 16.0 Å². The van der Waals surface area contributed by atoms with Crippen molar-refractivity contribution < 1.29 is 22.6 Å². The smallest absolute Gasteiger partial charge is 0.416 e. The third-order valence-electron chi connectivity index (χ3n) is 1.96. The Morgan fingerprint density at radius 3 is 2.61 bits per heavy atom. The van der Waals surface area contributed by atoms with Crippen molar-refractivity contribution >= 4 is 5.82 Å². The Balaban J connectivity index is 2.78. The van der Waals surface area contributed by atoms with E-state index in [1.165, 1.54) is 0 Å². The number of hydrogen-bond acceptors (Lipinski definition) is 5. The number of nitrogens with one attached hydrogen (secondary N) is 1. The van der Waals surface area contributed by atoms with Crippen LogP contribution in [0.1, 0.15) is 12.5 Å². The number of halogens is 3. The predicted octanol–water partition coefficient (Wildman–Crippen LogP) is 1.80. The molecule has 0 spiro atoms. The van der Waals surface area contributed by atoms with E-state index in [1.54, 1.807) is 6.92 Å². The van der Waals surface area contributed by atoms with Crippen LogP contribution in [0, 0.1) is 0 Å². The van der Waals surface area contributed by atoms with Gasteiger partial charge in [-0.15, -0.1) is 0 Å². The highest BCUT2D eigenvalue weighted by atomic mass is 19.4. The molecule has 1 aromatic rings. The Kier molecular flexibility index (Phi) is 5.17. The predicted molar refractivity (Wildman–Crippen MR) is 59.0 cm³/mol. The van der Waals surface area contributed by atoms with E-state index in [1.807, 2.05) is 0 Å². The number of aromatic nitrogens is 1. The maximum Gasteiger partial charge on any atom is 0.416 e. The summed E-state index contributed by atoms with van der Waals surface area (Å²) in [6.45, 7) is 2.71. The van der Waals surface area contributed by atoms with E-state index in [0.717, 1.165) is 12.1 Å². The monoisotopic (exact) mass is 265 g/mol. The standard InChI is InChI=1S/C10H14F3N3O2/c1-2-17-3-4-18-9-6-7(10(11,12)13)5-8(15-9)16-14/h5-6H,2-4,14H2,1H3,(H,15,16). The molecular formula is C10H14F3N3O2. The molecule has 5 nitrogen and oxygen atoms in total. The second-order valence-electron chi connectivity index (χ2n) is 3.27. The van der Waals surface area contributed by atoms with Crippen LogP contribution in [-0.2, 0) is 10.9 Å². The number of hydrogen-bond donors (Lipinski definition) is 2. The number of ether oxygens (including phenoxy) is 2. The first-order valence-corrected chi connectivity index (χ1v) is 5.23. The van der Waals surface area contributed by atoms with Gasteiger partial charge in [0.15, 0.2) is 0 Å². The van der Waals surface area contributed by atoms with Gasteiger partial charge in [0.25, 0.3) is 0 Å². The Labute approximate surface area is 102 Å². The zero-order valence-corrected chi connectivity index (χ0v) is 9.75. The average molecular weight is 265 g/mol. The lowest BCUT2D eigenvalue weighted by Gasteiger charge is -2.11. The third kappa shape index (κ3) is 4.38. The molecule has 0 fully saturated rings. The quantitative estimate of drug-likeness (QED) is 0.466. The largest absolute Gasteiger partial charge is 0.475 e. The van der Waals surface area contributed by atoms with Gasteiger partial charge in [-0.25, -0.2) is 5.84 Å². The summed E-state index contributed by atoms with van der Waals surface area (Å²) in [5.41, 5.74) is 1.18. The van der Waals surface area contributed by atoms with Crippen molar-refractivity contribution in [1.82, 2.24) is 4.98 Å². The highest BCUT2D eigenvalue weighted by Gasteiger charge is 2.31. The van der Waals surface area contributed by atoms with Gasteiger partial charge >= 0.3 is 6.18 Å². The zero-order chi connectivity index (χ0) is 13.6. The topological polar surface area (TPSA) is 69.4 Å². The fourth-order valence-electron chi connectivity index (χ4n) is 1.17. The highest BCUT2D eigenvalue weighted by molar-refractivity contribution is 5.41. The van der Waals surface area contributed by atoms with E-state index in [-0.39, 0.29) is 24.9 Å². The van der Waals surface area contributed by atoms with Crippen molar-refractivity contribution in [3.8, 4) is 5.88 Å². The molecule has 0 radical (unpaired) electrons. The van der Waals surface area contributed by atoms with E-state index in [2.05, 4.69) is 10.4 Å². The lowest BCUT2D eigenvalue weighted by Crippen LogP contribution is -2.14. The number of nitrogen functional groups attached to an aromatic ring is 1. The fourth-order valence-corrected chi connectivity index (χ4v) is 1.17. The molecule has 0 aliphatic heterocycles. The summed E-state index contributed by atoms with van der Waals surface area (Å²) in [4.78, 5) is 3.75. The van der Waals surface area contributed by atoms with Crippen LogP contribution in [-0.4, -0.2) is 24.8 Å². The highest BCUT2D eigenvalue weighted by Crippen LogP contribution is 2.32. The molecule has 3 N–H and O–H groups in total. The molecular weight excluding hydrogens is 251 g/mol. The second kappa shape index (κ2) is 6.41. The van der Waals surface area contributed by atoms with E-state index in [4.69, 9.17) is 15.3 Å². The summed E-state index contributed by atoms with van der Waals surface area (Å²) in [6, 6.07) is 1.61. The first kappa shape index (κ1) is 14.5. The van der Waals surface area contributed by atoms with E-state index >= 15 is 0 Å². The molecule has 0 aromatic carbocycles. The van der Waals surface area contributed by atoms with Gasteiger partial charge in [0.1, 0.15) is 12.4 Å². The van der Waals surface area contributed by atoms with Crippen molar-refractivity contribution in [3.05, 3.63) is 17.7 Å². The number of nitrogens with two attached hydrogens (primary N) is 1. The van der Waals surface area contributed by atoms with Crippen LogP contribution in [0.15, 0.2) is 12.1 Å². The molecule has 0 aliphatic carbocycles. The Bertz CT molecular complexity index is 385. The minimum Gasteiger partial charge on any atom is -0.475 e. The van der Waals surface area contributed by atoms with Gasteiger partial charge in [0.2, 0.25) is 5.88 Å². The van der Waals surface area contributed by atoms with Crippen LogP contribution in [0.5, 0.6) is 5.88 Å². The van der Waals surface area contributed by atoms with Crippen LogP contribution in [0.3, 0.4) is 0 Å². The lowest BCUT2D eigenvalue weighted by atomic mass is 10.2. The summed E-state index contributed by atoms with van der Waals surface area (Å²) < 4.78 is 47.7. The molecule has 0 bridgehead atoms. The molecule has 1 aromatic heterocycles. The first-order chi connectivity index (χ1) is 8.47. The van der Waals surface area contributed by atoms with E-state index in [0.29, 0.717) is 6.61 Å². The molecule has 1 heterocycles. The molecule has 0 atom stereocenters. The maximum atomic E-state index is 12.6. The molecule has 0 aliphatic rings. The van der Waals surface area contributed by atoms with Crippen molar-refractivity contribution in [2.45, 2.75) is 13.1 Å². The summed E-state index contributed by atoms with van der Waals surface area (Å²) >= 11 is 0. The number of pyridine rings is 1. The van der Waals surface area contributed by atoms with Crippen LogP contribution in [0.2, 0.25) is 0 Å². The number of anilines is 1. The van der Waals surface area contributed by atoms with E-state index in [9.17, 15) is 13.2 Å². The summed E-state index contributed by atoms with van der Waals surface area (Å²) in [5, 5.41) is 0. The fraction of sp³-hybridized carbons (Fsp3) is 0.500. The summed E-state index contributed by atoms with van der Waals surface area (Å²) in [6.07, 6.45) is -4.48. The zero-order valence-electron chi connectivity index (χ0n) is 9.75. The first-order valence-electron chi connectivity index (χ1n) is 5.23. The SMILES string of the molecule is CCOCCOc1cc(C(F)(F)F)cc(NN)n1.